The van der Waals surface area contributed by atoms with Gasteiger partial charge in [0.05, 0.1) is 7.11 Å². The summed E-state index contributed by atoms with van der Waals surface area (Å²) in [6.45, 7) is 4.55. The normalized spacial score (nSPS) is 18.2. The Morgan fingerprint density at radius 2 is 1.97 bits per heavy atom. The van der Waals surface area contributed by atoms with Gasteiger partial charge in [-0.15, -0.1) is 0 Å². The molecule has 2 saturated heterocycles. The minimum Gasteiger partial charge on any atom is -0.481 e. The molecule has 0 radical (unpaired) electrons. The first-order valence-electron chi connectivity index (χ1n) is 10.0. The molecule has 4 rings (SSSR count). The molecule has 10 heteroatoms. The van der Waals surface area contributed by atoms with Crippen LogP contribution in [0.2, 0.25) is 0 Å². The van der Waals surface area contributed by atoms with E-state index < -0.39 is 11.6 Å². The second-order valence-corrected chi connectivity index (χ2v) is 9.17. The number of ether oxygens (including phenoxy) is 1. The van der Waals surface area contributed by atoms with Crippen LogP contribution in [0, 0.1) is 11.6 Å². The van der Waals surface area contributed by atoms with Gasteiger partial charge in [-0.25, -0.2) is 18.1 Å². The summed E-state index contributed by atoms with van der Waals surface area (Å²) in [5, 5.41) is 0.442. The second kappa shape index (κ2) is 10.1. The van der Waals surface area contributed by atoms with E-state index in [1.165, 1.54) is 62.3 Å². The summed E-state index contributed by atoms with van der Waals surface area (Å²) in [5.74, 6) is -0.404. The van der Waals surface area contributed by atoms with Gasteiger partial charge in [0, 0.05) is 48.6 Å². The monoisotopic (exact) mass is 453 g/mol. The van der Waals surface area contributed by atoms with Gasteiger partial charge in [0.25, 0.3) is 0 Å². The van der Waals surface area contributed by atoms with Gasteiger partial charge in [-0.3, -0.25) is 0 Å². The lowest BCUT2D eigenvalue weighted by atomic mass is 10.0. The molecule has 0 aliphatic carbocycles. The van der Waals surface area contributed by atoms with Gasteiger partial charge in [0.1, 0.15) is 5.82 Å². The van der Waals surface area contributed by atoms with Gasteiger partial charge in [-0.2, -0.15) is 4.98 Å². The fourth-order valence-corrected chi connectivity index (χ4v) is 5.09. The van der Waals surface area contributed by atoms with Crippen LogP contribution in [0.3, 0.4) is 0 Å². The number of benzene rings is 1. The summed E-state index contributed by atoms with van der Waals surface area (Å²) in [7, 11) is 1.54. The number of piperidine rings is 1. The number of hydrogen-bond acceptors (Lipinski definition) is 8. The summed E-state index contributed by atoms with van der Waals surface area (Å²) in [5.41, 5.74) is 0.278. The van der Waals surface area contributed by atoms with Crippen molar-refractivity contribution in [2.45, 2.75) is 36.2 Å². The van der Waals surface area contributed by atoms with E-state index in [1.807, 2.05) is 0 Å². The van der Waals surface area contributed by atoms with Crippen molar-refractivity contribution in [1.82, 2.24) is 19.2 Å². The topological polar surface area (TPSA) is 53.5 Å². The molecule has 0 amide bonds. The molecule has 2 aliphatic heterocycles. The Labute approximate surface area is 184 Å². The van der Waals surface area contributed by atoms with Crippen LogP contribution in [-0.2, 0) is 5.75 Å². The number of methoxy groups -OCH3 is 1. The van der Waals surface area contributed by atoms with E-state index in [4.69, 9.17) is 4.74 Å². The molecule has 2 aromatic rings. The molecule has 0 atom stereocenters. The van der Waals surface area contributed by atoms with Crippen LogP contribution < -0.4 is 9.46 Å². The third kappa shape index (κ3) is 5.35. The number of rotatable bonds is 8. The zero-order chi connectivity index (χ0) is 20.9. The van der Waals surface area contributed by atoms with Crippen LogP contribution in [-0.4, -0.2) is 58.5 Å². The van der Waals surface area contributed by atoms with Crippen LogP contribution in [0.15, 0.2) is 29.4 Å². The van der Waals surface area contributed by atoms with Crippen molar-refractivity contribution >= 4 is 29.7 Å². The molecule has 0 spiro atoms. The maximum Gasteiger partial charge on any atom is 0.219 e. The maximum absolute atomic E-state index is 13.9. The van der Waals surface area contributed by atoms with Crippen molar-refractivity contribution in [3.8, 4) is 5.88 Å². The molecule has 0 bridgehead atoms. The maximum atomic E-state index is 13.9. The van der Waals surface area contributed by atoms with E-state index >= 15 is 0 Å². The molecule has 2 fully saturated rings. The van der Waals surface area contributed by atoms with Crippen LogP contribution >= 0.6 is 23.9 Å². The Bertz CT molecular complexity index is 863. The van der Waals surface area contributed by atoms with Crippen molar-refractivity contribution in [1.29, 1.82) is 0 Å². The zero-order valence-electron chi connectivity index (χ0n) is 16.8. The first-order chi connectivity index (χ1) is 14.6. The van der Waals surface area contributed by atoms with E-state index in [9.17, 15) is 8.78 Å². The van der Waals surface area contributed by atoms with Crippen molar-refractivity contribution in [3.05, 3.63) is 41.5 Å². The van der Waals surface area contributed by atoms with Gasteiger partial charge in [-0.05, 0) is 38.4 Å². The number of anilines is 1. The molecule has 6 nitrogen and oxygen atoms in total. The van der Waals surface area contributed by atoms with Crippen molar-refractivity contribution in [2.24, 2.45) is 0 Å². The van der Waals surface area contributed by atoms with E-state index in [0.717, 1.165) is 25.2 Å². The van der Waals surface area contributed by atoms with E-state index in [2.05, 4.69) is 23.9 Å². The Kier molecular flexibility index (Phi) is 7.29. The Morgan fingerprint density at radius 1 is 1.17 bits per heavy atom. The molecular formula is C20H25F2N5OS2. The number of aromatic nitrogens is 2. The summed E-state index contributed by atoms with van der Waals surface area (Å²) >= 11 is 2.77. The average molecular weight is 454 g/mol. The Morgan fingerprint density at radius 3 is 2.67 bits per heavy atom. The van der Waals surface area contributed by atoms with Crippen LogP contribution in [0.1, 0.15) is 24.8 Å². The minimum atomic E-state index is -0.851. The van der Waals surface area contributed by atoms with Crippen molar-refractivity contribution in [3.63, 3.8) is 0 Å². The zero-order valence-corrected chi connectivity index (χ0v) is 18.4. The average Bonchev–Trinajstić information content (AvgIpc) is 2.73. The minimum absolute atomic E-state index is 0.230. The quantitative estimate of drug-likeness (QED) is 0.363. The van der Waals surface area contributed by atoms with Gasteiger partial charge >= 0.3 is 0 Å². The molecular weight excluding hydrogens is 428 g/mol. The highest BCUT2D eigenvalue weighted by atomic mass is 32.2. The summed E-state index contributed by atoms with van der Waals surface area (Å²) in [4.78, 5) is 11.4. The van der Waals surface area contributed by atoms with E-state index in [0.29, 0.717) is 16.9 Å². The summed E-state index contributed by atoms with van der Waals surface area (Å²) < 4.78 is 38.1. The predicted molar refractivity (Wildman–Crippen MR) is 117 cm³/mol. The molecule has 2 aliphatic rings. The fourth-order valence-electron chi connectivity index (χ4n) is 3.54. The van der Waals surface area contributed by atoms with Crippen molar-refractivity contribution < 1.29 is 13.5 Å². The SMILES string of the molecule is COc1cc(NSN2CCC(N3CCC3)CC2)nc(SCc2cccc(F)c2F)n1. The molecule has 162 valence electrons. The fraction of sp³-hybridized carbons (Fsp3) is 0.500. The third-order valence-corrected chi connectivity index (χ3v) is 7.21. The van der Waals surface area contributed by atoms with E-state index in [-0.39, 0.29) is 11.3 Å². The molecule has 0 saturated carbocycles. The standard InChI is InChI=1S/C20H25F2N5OS2/c1-28-18-12-17(25-30-27-10-6-15(7-11-27)26-8-3-9-26)23-20(24-18)29-13-14-4-2-5-16(21)19(14)22/h2,4-5,12,15H,3,6-11,13H2,1H3,(H,23,24,25). The molecule has 0 unspecified atom stereocenters. The lowest BCUT2D eigenvalue weighted by Gasteiger charge is -2.42. The summed E-state index contributed by atoms with van der Waals surface area (Å²) in [6.07, 6.45) is 3.70. The lowest BCUT2D eigenvalue weighted by molar-refractivity contribution is 0.0837. The molecule has 1 N–H and O–H groups in total. The van der Waals surface area contributed by atoms with Gasteiger partial charge in [0.2, 0.25) is 5.88 Å². The first kappa shape index (κ1) is 21.6. The summed E-state index contributed by atoms with van der Waals surface area (Å²) in [6, 6.07) is 6.62. The number of nitrogens with one attached hydrogen (secondary N) is 1. The van der Waals surface area contributed by atoms with Gasteiger partial charge in [-0.1, -0.05) is 23.9 Å². The molecule has 1 aromatic heterocycles. The number of halogens is 2. The number of thioether (sulfide) groups is 1. The molecule has 1 aromatic carbocycles. The number of nitrogens with zero attached hydrogens (tertiary/aromatic N) is 4. The third-order valence-electron chi connectivity index (χ3n) is 5.39. The highest BCUT2D eigenvalue weighted by Crippen LogP contribution is 2.28. The van der Waals surface area contributed by atoms with Gasteiger partial charge < -0.3 is 14.4 Å². The lowest BCUT2D eigenvalue weighted by Crippen LogP contribution is -2.49. The molecule has 30 heavy (non-hydrogen) atoms. The predicted octanol–water partition coefficient (Wildman–Crippen LogP) is 4.20. The van der Waals surface area contributed by atoms with Crippen molar-refractivity contribution in [2.75, 3.05) is 38.0 Å². The van der Waals surface area contributed by atoms with E-state index in [1.54, 1.807) is 19.2 Å². The van der Waals surface area contributed by atoms with Crippen LogP contribution in [0.4, 0.5) is 14.6 Å². The van der Waals surface area contributed by atoms with Crippen LogP contribution in [0.25, 0.3) is 0 Å². The first-order valence-corrected chi connectivity index (χ1v) is 11.8. The largest absolute Gasteiger partial charge is 0.481 e. The molecule has 3 heterocycles. The number of hydrogen-bond donors (Lipinski definition) is 1. The Hall–Kier alpha value is -1.62. The highest BCUT2D eigenvalue weighted by Gasteiger charge is 2.28. The van der Waals surface area contributed by atoms with Crippen LogP contribution in [0.5, 0.6) is 5.88 Å². The Balaban J connectivity index is 1.32. The second-order valence-electron chi connectivity index (χ2n) is 7.32. The van der Waals surface area contributed by atoms with Gasteiger partial charge in [0.15, 0.2) is 16.8 Å². The number of likely N-dealkylation sites (tertiary alicyclic amines) is 1. The smallest absolute Gasteiger partial charge is 0.219 e. The highest BCUT2D eigenvalue weighted by molar-refractivity contribution is 7.98.